The number of halogens is 2. The fourth-order valence-corrected chi connectivity index (χ4v) is 3.26. The molecule has 1 atom stereocenters. The van der Waals surface area contributed by atoms with E-state index in [-0.39, 0.29) is 28.6 Å². The molecule has 2 rings (SSSR count). The second-order valence-corrected chi connectivity index (χ2v) is 8.02. The molecule has 1 N–H and O–H groups in total. The Morgan fingerprint density at radius 2 is 1.88 bits per heavy atom. The Morgan fingerprint density at radius 1 is 1.23 bits per heavy atom. The number of benzene rings is 2. The number of carbonyl (C=O) groups is 2. The molecular formula is C19H20BrFN2O2S. The van der Waals surface area contributed by atoms with Crippen molar-refractivity contribution in [3.63, 3.8) is 0 Å². The van der Waals surface area contributed by atoms with Crippen molar-refractivity contribution in [2.45, 2.75) is 19.1 Å². The van der Waals surface area contributed by atoms with Crippen LogP contribution in [0, 0.1) is 12.7 Å². The van der Waals surface area contributed by atoms with Crippen molar-refractivity contribution in [2.75, 3.05) is 23.0 Å². The fourth-order valence-electron chi connectivity index (χ4n) is 2.24. The molecule has 26 heavy (non-hydrogen) atoms. The summed E-state index contributed by atoms with van der Waals surface area (Å²) in [7, 11) is 1.72. The third kappa shape index (κ3) is 5.57. The van der Waals surface area contributed by atoms with Crippen molar-refractivity contribution in [2.24, 2.45) is 0 Å². The molecule has 2 amide bonds. The predicted octanol–water partition coefficient (Wildman–Crippen LogP) is 4.62. The SMILES string of the molecule is Cc1cc(N(C)C(=O)C(C)SCC(=O)Nc2ccc(F)cc2)ccc1Br. The summed E-state index contributed by atoms with van der Waals surface area (Å²) in [5, 5.41) is 2.31. The number of amides is 2. The van der Waals surface area contributed by atoms with Crippen LogP contribution in [0.1, 0.15) is 12.5 Å². The third-order valence-electron chi connectivity index (χ3n) is 3.80. The minimum absolute atomic E-state index is 0.0775. The van der Waals surface area contributed by atoms with Crippen LogP contribution in [0.2, 0.25) is 0 Å². The van der Waals surface area contributed by atoms with E-state index in [0.717, 1.165) is 15.7 Å². The molecule has 2 aromatic rings. The maximum Gasteiger partial charge on any atom is 0.239 e. The van der Waals surface area contributed by atoms with Gasteiger partial charge in [0.25, 0.3) is 0 Å². The van der Waals surface area contributed by atoms with E-state index in [2.05, 4.69) is 21.2 Å². The lowest BCUT2D eigenvalue weighted by Gasteiger charge is -2.22. The number of hydrogen-bond donors (Lipinski definition) is 1. The summed E-state index contributed by atoms with van der Waals surface area (Å²) in [6.07, 6.45) is 0. The lowest BCUT2D eigenvalue weighted by Crippen LogP contribution is -2.34. The van der Waals surface area contributed by atoms with E-state index in [1.165, 1.54) is 36.0 Å². The smallest absolute Gasteiger partial charge is 0.239 e. The number of thioether (sulfide) groups is 1. The summed E-state index contributed by atoms with van der Waals surface area (Å²) in [6.45, 7) is 3.74. The zero-order chi connectivity index (χ0) is 19.3. The predicted molar refractivity (Wildman–Crippen MR) is 109 cm³/mol. The number of hydrogen-bond acceptors (Lipinski definition) is 3. The highest BCUT2D eigenvalue weighted by atomic mass is 79.9. The van der Waals surface area contributed by atoms with Gasteiger partial charge in [0.1, 0.15) is 5.82 Å². The molecule has 1 unspecified atom stereocenters. The highest BCUT2D eigenvalue weighted by Crippen LogP contribution is 2.24. The minimum Gasteiger partial charge on any atom is -0.325 e. The first-order valence-corrected chi connectivity index (χ1v) is 9.83. The summed E-state index contributed by atoms with van der Waals surface area (Å²) in [5.41, 5.74) is 2.37. The summed E-state index contributed by atoms with van der Waals surface area (Å²) in [4.78, 5) is 26.2. The van der Waals surface area contributed by atoms with Gasteiger partial charge in [-0.05, 0) is 61.9 Å². The van der Waals surface area contributed by atoms with Gasteiger partial charge >= 0.3 is 0 Å². The zero-order valence-corrected chi connectivity index (χ0v) is 17.2. The lowest BCUT2D eigenvalue weighted by molar-refractivity contribution is -0.117. The van der Waals surface area contributed by atoms with Crippen LogP contribution in [0.4, 0.5) is 15.8 Å². The first-order chi connectivity index (χ1) is 12.3. The van der Waals surface area contributed by atoms with E-state index >= 15 is 0 Å². The number of nitrogens with zero attached hydrogens (tertiary/aromatic N) is 1. The largest absolute Gasteiger partial charge is 0.325 e. The van der Waals surface area contributed by atoms with Crippen molar-refractivity contribution in [1.82, 2.24) is 0 Å². The standard InChI is InChI=1S/C19H20BrFN2O2S/c1-12-10-16(8-9-17(12)20)23(3)19(25)13(2)26-11-18(24)22-15-6-4-14(21)5-7-15/h4-10,13H,11H2,1-3H3,(H,22,24). The molecule has 0 aliphatic heterocycles. The summed E-state index contributed by atoms with van der Waals surface area (Å²) in [6, 6.07) is 11.3. The van der Waals surface area contributed by atoms with Gasteiger partial charge in [-0.2, -0.15) is 0 Å². The highest BCUT2D eigenvalue weighted by molar-refractivity contribution is 9.10. The molecule has 138 valence electrons. The van der Waals surface area contributed by atoms with Gasteiger partial charge in [0.15, 0.2) is 0 Å². The van der Waals surface area contributed by atoms with Crippen LogP contribution in [0.5, 0.6) is 0 Å². The molecule has 0 fully saturated rings. The summed E-state index contributed by atoms with van der Waals surface area (Å²) in [5.74, 6) is -0.533. The first kappa shape index (κ1) is 20.5. The average molecular weight is 439 g/mol. The monoisotopic (exact) mass is 438 g/mol. The summed E-state index contributed by atoms with van der Waals surface area (Å²) >= 11 is 4.70. The molecule has 0 saturated carbocycles. The molecule has 0 bridgehead atoms. The molecule has 0 aliphatic carbocycles. The van der Waals surface area contributed by atoms with Crippen LogP contribution in [0.3, 0.4) is 0 Å². The van der Waals surface area contributed by atoms with E-state index in [0.29, 0.717) is 5.69 Å². The maximum absolute atomic E-state index is 12.9. The second kappa shape index (κ2) is 9.19. The van der Waals surface area contributed by atoms with E-state index in [1.807, 2.05) is 25.1 Å². The molecule has 4 nitrogen and oxygen atoms in total. The van der Waals surface area contributed by atoms with Gasteiger partial charge < -0.3 is 10.2 Å². The quantitative estimate of drug-likeness (QED) is 0.715. The normalized spacial score (nSPS) is 11.7. The fraction of sp³-hybridized carbons (Fsp3) is 0.263. The van der Waals surface area contributed by atoms with Crippen molar-refractivity contribution < 1.29 is 14.0 Å². The minimum atomic E-state index is -0.372. The van der Waals surface area contributed by atoms with E-state index in [9.17, 15) is 14.0 Å². The number of aryl methyl sites for hydroxylation is 1. The first-order valence-electron chi connectivity index (χ1n) is 7.98. The molecule has 0 saturated heterocycles. The van der Waals surface area contributed by atoms with E-state index < -0.39 is 0 Å². The third-order valence-corrected chi connectivity index (χ3v) is 5.82. The van der Waals surface area contributed by atoms with Gasteiger partial charge in [-0.15, -0.1) is 11.8 Å². The number of carbonyl (C=O) groups excluding carboxylic acids is 2. The Hall–Kier alpha value is -1.86. The molecule has 0 aliphatic rings. The van der Waals surface area contributed by atoms with Gasteiger partial charge in [-0.3, -0.25) is 9.59 Å². The Kier molecular flexibility index (Phi) is 7.23. The van der Waals surface area contributed by atoms with Crippen LogP contribution in [-0.2, 0) is 9.59 Å². The molecule has 0 radical (unpaired) electrons. The van der Waals surface area contributed by atoms with Crippen molar-refractivity contribution in [1.29, 1.82) is 0 Å². The maximum atomic E-state index is 12.9. The lowest BCUT2D eigenvalue weighted by atomic mass is 10.2. The van der Waals surface area contributed by atoms with E-state index in [4.69, 9.17) is 0 Å². The van der Waals surface area contributed by atoms with Gasteiger partial charge in [0.2, 0.25) is 11.8 Å². The van der Waals surface area contributed by atoms with Crippen LogP contribution < -0.4 is 10.2 Å². The Morgan fingerprint density at radius 3 is 2.50 bits per heavy atom. The van der Waals surface area contributed by atoms with Gasteiger partial charge in [0.05, 0.1) is 11.0 Å². The van der Waals surface area contributed by atoms with Crippen molar-refractivity contribution in [3.05, 3.63) is 58.3 Å². The molecular weight excluding hydrogens is 419 g/mol. The molecule has 2 aromatic carbocycles. The topological polar surface area (TPSA) is 49.4 Å². The van der Waals surface area contributed by atoms with E-state index in [1.54, 1.807) is 18.9 Å². The number of rotatable bonds is 6. The van der Waals surface area contributed by atoms with Gasteiger partial charge in [-0.1, -0.05) is 15.9 Å². The Labute approximate surface area is 165 Å². The zero-order valence-electron chi connectivity index (χ0n) is 14.8. The molecule has 0 spiro atoms. The van der Waals surface area contributed by atoms with Crippen LogP contribution >= 0.6 is 27.7 Å². The van der Waals surface area contributed by atoms with Gasteiger partial charge in [0, 0.05) is 22.9 Å². The number of anilines is 2. The highest BCUT2D eigenvalue weighted by Gasteiger charge is 2.20. The average Bonchev–Trinajstić information content (AvgIpc) is 2.62. The second-order valence-electron chi connectivity index (χ2n) is 5.84. The van der Waals surface area contributed by atoms with Crippen LogP contribution in [0.25, 0.3) is 0 Å². The molecule has 0 heterocycles. The Bertz CT molecular complexity index is 799. The number of nitrogens with one attached hydrogen (secondary N) is 1. The van der Waals surface area contributed by atoms with Gasteiger partial charge in [-0.25, -0.2) is 4.39 Å². The molecule has 7 heteroatoms. The Balaban J connectivity index is 1.88. The summed E-state index contributed by atoms with van der Waals surface area (Å²) < 4.78 is 13.9. The van der Waals surface area contributed by atoms with Crippen molar-refractivity contribution in [3.8, 4) is 0 Å². The van der Waals surface area contributed by atoms with Crippen LogP contribution in [0.15, 0.2) is 46.9 Å². The molecule has 0 aromatic heterocycles. The van der Waals surface area contributed by atoms with Crippen molar-refractivity contribution >= 4 is 50.9 Å². The van der Waals surface area contributed by atoms with Crippen LogP contribution in [-0.4, -0.2) is 29.9 Å².